The summed E-state index contributed by atoms with van der Waals surface area (Å²) in [6, 6.07) is 11.2. The Morgan fingerprint density at radius 1 is 1.30 bits per heavy atom. The third-order valence-corrected chi connectivity index (χ3v) is 3.70. The lowest BCUT2D eigenvalue weighted by atomic mass is 10.2. The molecule has 2 aromatic rings. The first-order valence-corrected chi connectivity index (χ1v) is 7.61. The predicted molar refractivity (Wildman–Crippen MR) is 87.6 cm³/mol. The number of amides is 2. The van der Waals surface area contributed by atoms with E-state index in [-0.39, 0.29) is 11.8 Å². The standard InChI is InChI=1S/C18H18N2O3/c21-17(9-8-16-6-3-11-23-16)19-13-14-4-1-5-15(12-14)20-10-2-7-18(20)22/h1,3-6,8-9,11-12H,2,7,10,13H2,(H,19,21). The van der Waals surface area contributed by atoms with Gasteiger partial charge in [-0.2, -0.15) is 0 Å². The molecular weight excluding hydrogens is 292 g/mol. The average molecular weight is 310 g/mol. The van der Waals surface area contributed by atoms with E-state index in [1.807, 2.05) is 24.3 Å². The van der Waals surface area contributed by atoms with Crippen molar-refractivity contribution >= 4 is 23.6 Å². The highest BCUT2D eigenvalue weighted by Crippen LogP contribution is 2.22. The monoisotopic (exact) mass is 310 g/mol. The Kier molecular flexibility index (Phi) is 4.57. The van der Waals surface area contributed by atoms with Gasteiger partial charge in [0.05, 0.1) is 6.26 Å². The van der Waals surface area contributed by atoms with E-state index in [4.69, 9.17) is 4.42 Å². The van der Waals surface area contributed by atoms with Crippen LogP contribution in [0.1, 0.15) is 24.2 Å². The van der Waals surface area contributed by atoms with Crippen molar-refractivity contribution in [2.75, 3.05) is 11.4 Å². The molecule has 3 rings (SSSR count). The first-order chi connectivity index (χ1) is 11.2. The Balaban J connectivity index is 1.58. The molecule has 5 heteroatoms. The van der Waals surface area contributed by atoms with Crippen LogP contribution in [0.2, 0.25) is 0 Å². The molecule has 1 aromatic carbocycles. The van der Waals surface area contributed by atoms with Crippen LogP contribution in [0.15, 0.2) is 53.2 Å². The fourth-order valence-corrected chi connectivity index (χ4v) is 2.55. The summed E-state index contributed by atoms with van der Waals surface area (Å²) in [6.07, 6.45) is 6.12. The maximum absolute atomic E-state index is 11.8. The minimum absolute atomic E-state index is 0.160. The second kappa shape index (κ2) is 6.96. The number of nitrogens with one attached hydrogen (secondary N) is 1. The molecule has 118 valence electrons. The van der Waals surface area contributed by atoms with E-state index in [9.17, 15) is 9.59 Å². The highest BCUT2D eigenvalue weighted by atomic mass is 16.3. The minimum atomic E-state index is -0.191. The summed E-state index contributed by atoms with van der Waals surface area (Å²) in [5.41, 5.74) is 1.85. The van der Waals surface area contributed by atoms with Crippen molar-refractivity contribution in [1.29, 1.82) is 0 Å². The van der Waals surface area contributed by atoms with Crippen LogP contribution in [0.4, 0.5) is 5.69 Å². The van der Waals surface area contributed by atoms with E-state index >= 15 is 0 Å². The third-order valence-electron chi connectivity index (χ3n) is 3.70. The van der Waals surface area contributed by atoms with Gasteiger partial charge in [0.25, 0.3) is 0 Å². The second-order valence-electron chi connectivity index (χ2n) is 5.39. The number of hydrogen-bond acceptors (Lipinski definition) is 3. The summed E-state index contributed by atoms with van der Waals surface area (Å²) >= 11 is 0. The molecule has 0 spiro atoms. The lowest BCUT2D eigenvalue weighted by molar-refractivity contribution is -0.117. The molecule has 0 atom stereocenters. The number of furan rings is 1. The summed E-state index contributed by atoms with van der Waals surface area (Å²) in [4.78, 5) is 25.4. The summed E-state index contributed by atoms with van der Waals surface area (Å²) in [6.45, 7) is 1.18. The number of nitrogens with zero attached hydrogens (tertiary/aromatic N) is 1. The molecule has 0 radical (unpaired) electrons. The van der Waals surface area contributed by atoms with Crippen molar-refractivity contribution in [3.63, 3.8) is 0 Å². The molecule has 0 unspecified atom stereocenters. The first-order valence-electron chi connectivity index (χ1n) is 7.61. The fourth-order valence-electron chi connectivity index (χ4n) is 2.55. The molecule has 0 saturated carbocycles. The van der Waals surface area contributed by atoms with Crippen molar-refractivity contribution in [3.8, 4) is 0 Å². The summed E-state index contributed by atoms with van der Waals surface area (Å²) < 4.78 is 5.13. The van der Waals surface area contributed by atoms with Crippen LogP contribution in [0.5, 0.6) is 0 Å². The predicted octanol–water partition coefficient (Wildman–Crippen LogP) is 2.74. The van der Waals surface area contributed by atoms with Gasteiger partial charge in [-0.05, 0) is 42.3 Å². The zero-order chi connectivity index (χ0) is 16.1. The topological polar surface area (TPSA) is 62.6 Å². The molecular formula is C18H18N2O3. The normalized spacial score (nSPS) is 14.6. The maximum Gasteiger partial charge on any atom is 0.244 e. The molecule has 0 aliphatic carbocycles. The highest BCUT2D eigenvalue weighted by molar-refractivity contribution is 5.95. The van der Waals surface area contributed by atoms with Gasteiger partial charge >= 0.3 is 0 Å². The molecule has 23 heavy (non-hydrogen) atoms. The Hall–Kier alpha value is -2.82. The van der Waals surface area contributed by atoms with Gasteiger partial charge in [-0.1, -0.05) is 12.1 Å². The van der Waals surface area contributed by atoms with E-state index in [1.54, 1.807) is 29.4 Å². The molecule has 2 amide bonds. The van der Waals surface area contributed by atoms with Crippen LogP contribution in [0, 0.1) is 0 Å². The van der Waals surface area contributed by atoms with Crippen molar-refractivity contribution < 1.29 is 14.0 Å². The van der Waals surface area contributed by atoms with E-state index < -0.39 is 0 Å². The van der Waals surface area contributed by atoms with Crippen LogP contribution >= 0.6 is 0 Å². The van der Waals surface area contributed by atoms with Crippen LogP contribution in [0.25, 0.3) is 6.08 Å². The van der Waals surface area contributed by atoms with Crippen molar-refractivity contribution in [1.82, 2.24) is 5.32 Å². The van der Waals surface area contributed by atoms with E-state index in [2.05, 4.69) is 5.32 Å². The Morgan fingerprint density at radius 3 is 2.96 bits per heavy atom. The fraction of sp³-hybridized carbons (Fsp3) is 0.222. The average Bonchev–Trinajstić information content (AvgIpc) is 3.22. The van der Waals surface area contributed by atoms with Gasteiger partial charge in [0, 0.05) is 31.3 Å². The van der Waals surface area contributed by atoms with E-state index in [1.165, 1.54) is 6.08 Å². The molecule has 5 nitrogen and oxygen atoms in total. The quantitative estimate of drug-likeness (QED) is 0.864. The number of carbonyl (C=O) groups is 2. The Bertz CT molecular complexity index is 720. The smallest absolute Gasteiger partial charge is 0.244 e. The number of carbonyl (C=O) groups excluding carboxylic acids is 2. The number of anilines is 1. The van der Waals surface area contributed by atoms with Gasteiger partial charge in [-0.3, -0.25) is 9.59 Å². The van der Waals surface area contributed by atoms with Crippen molar-refractivity contribution in [2.24, 2.45) is 0 Å². The summed E-state index contributed by atoms with van der Waals surface area (Å²) in [5, 5.41) is 2.82. The number of rotatable bonds is 5. The minimum Gasteiger partial charge on any atom is -0.465 e. The van der Waals surface area contributed by atoms with Gasteiger partial charge in [0.15, 0.2) is 0 Å². The Morgan fingerprint density at radius 2 is 2.22 bits per heavy atom. The molecule has 1 aliphatic rings. The van der Waals surface area contributed by atoms with Gasteiger partial charge in [-0.15, -0.1) is 0 Å². The van der Waals surface area contributed by atoms with E-state index in [0.29, 0.717) is 18.7 Å². The zero-order valence-corrected chi connectivity index (χ0v) is 12.7. The molecule has 1 saturated heterocycles. The van der Waals surface area contributed by atoms with Gasteiger partial charge in [-0.25, -0.2) is 0 Å². The summed E-state index contributed by atoms with van der Waals surface area (Å²) in [5.74, 6) is 0.603. The zero-order valence-electron chi connectivity index (χ0n) is 12.7. The second-order valence-corrected chi connectivity index (χ2v) is 5.39. The van der Waals surface area contributed by atoms with Gasteiger partial charge in [0.2, 0.25) is 11.8 Å². The Labute approximate surface area is 134 Å². The summed E-state index contributed by atoms with van der Waals surface area (Å²) in [7, 11) is 0. The van der Waals surface area contributed by atoms with E-state index in [0.717, 1.165) is 24.2 Å². The molecule has 2 heterocycles. The molecule has 1 aromatic heterocycles. The SMILES string of the molecule is O=C(C=Cc1ccco1)NCc1cccc(N2CCCC2=O)c1. The van der Waals surface area contributed by atoms with Crippen molar-refractivity contribution in [2.45, 2.75) is 19.4 Å². The van der Waals surface area contributed by atoms with Crippen LogP contribution < -0.4 is 10.2 Å². The maximum atomic E-state index is 11.8. The van der Waals surface area contributed by atoms with Crippen LogP contribution in [-0.2, 0) is 16.1 Å². The largest absolute Gasteiger partial charge is 0.465 e. The molecule has 1 aliphatic heterocycles. The molecule has 1 N–H and O–H groups in total. The van der Waals surface area contributed by atoms with Crippen molar-refractivity contribution in [3.05, 3.63) is 60.1 Å². The van der Waals surface area contributed by atoms with Gasteiger partial charge in [0.1, 0.15) is 5.76 Å². The lowest BCUT2D eigenvalue weighted by Gasteiger charge is -2.16. The molecule has 1 fully saturated rings. The number of benzene rings is 1. The van der Waals surface area contributed by atoms with Gasteiger partial charge < -0.3 is 14.6 Å². The number of hydrogen-bond donors (Lipinski definition) is 1. The third kappa shape index (κ3) is 3.88. The first kappa shape index (κ1) is 15.1. The highest BCUT2D eigenvalue weighted by Gasteiger charge is 2.21. The van der Waals surface area contributed by atoms with Crippen LogP contribution in [-0.4, -0.2) is 18.4 Å². The van der Waals surface area contributed by atoms with Crippen LogP contribution in [0.3, 0.4) is 0 Å². The molecule has 0 bridgehead atoms. The lowest BCUT2D eigenvalue weighted by Crippen LogP contribution is -2.24.